The molecule has 1 amide bonds. The second-order valence-electron chi connectivity index (χ2n) is 8.69. The van der Waals surface area contributed by atoms with Crippen molar-refractivity contribution in [3.05, 3.63) is 65.5 Å². The van der Waals surface area contributed by atoms with Gasteiger partial charge in [-0.25, -0.2) is 8.42 Å². The Morgan fingerprint density at radius 3 is 2.28 bits per heavy atom. The zero-order valence-corrected chi connectivity index (χ0v) is 19.7. The lowest BCUT2D eigenvalue weighted by atomic mass is 9.87. The van der Waals surface area contributed by atoms with Crippen LogP contribution in [0.5, 0.6) is 0 Å². The molecule has 0 spiro atoms. The molecule has 0 fully saturated rings. The predicted octanol–water partition coefficient (Wildman–Crippen LogP) is 3.28. The summed E-state index contributed by atoms with van der Waals surface area (Å²) in [4.78, 5) is 16.7. The Morgan fingerprint density at radius 1 is 1.06 bits per heavy atom. The summed E-state index contributed by atoms with van der Waals surface area (Å²) in [5.74, 6) is 0.184. The minimum atomic E-state index is -3.76. The fourth-order valence-electron chi connectivity index (χ4n) is 2.97. The SMILES string of the molecule is Cc1ccc(S(=O)(=O)N(C)CC(=O)NCc2nc(-c3ccc(C(C)(C)C)cc3)no2)cc1. The molecule has 170 valence electrons. The van der Waals surface area contributed by atoms with Crippen LogP contribution in [0.2, 0.25) is 0 Å². The van der Waals surface area contributed by atoms with E-state index in [1.54, 1.807) is 12.1 Å². The van der Waals surface area contributed by atoms with E-state index in [1.165, 1.54) is 24.7 Å². The maximum atomic E-state index is 12.6. The van der Waals surface area contributed by atoms with E-state index in [1.807, 2.05) is 31.2 Å². The van der Waals surface area contributed by atoms with Crippen molar-refractivity contribution in [1.29, 1.82) is 0 Å². The molecule has 0 saturated heterocycles. The maximum Gasteiger partial charge on any atom is 0.246 e. The lowest BCUT2D eigenvalue weighted by Crippen LogP contribution is -2.38. The number of amides is 1. The van der Waals surface area contributed by atoms with Gasteiger partial charge in [-0.05, 0) is 30.0 Å². The number of carbonyl (C=O) groups excluding carboxylic acids is 1. The van der Waals surface area contributed by atoms with E-state index in [-0.39, 0.29) is 29.3 Å². The summed E-state index contributed by atoms with van der Waals surface area (Å²) >= 11 is 0. The Morgan fingerprint density at radius 2 is 1.69 bits per heavy atom. The number of aromatic nitrogens is 2. The van der Waals surface area contributed by atoms with Gasteiger partial charge in [0.15, 0.2) is 0 Å². The number of likely N-dealkylation sites (N-methyl/N-ethyl adjacent to an activating group) is 1. The van der Waals surface area contributed by atoms with Crippen molar-refractivity contribution in [1.82, 2.24) is 19.8 Å². The Hall–Kier alpha value is -3.04. The van der Waals surface area contributed by atoms with E-state index in [4.69, 9.17) is 4.52 Å². The second-order valence-corrected chi connectivity index (χ2v) is 10.7. The average Bonchev–Trinajstić information content (AvgIpc) is 3.21. The van der Waals surface area contributed by atoms with Gasteiger partial charge in [0.2, 0.25) is 27.6 Å². The molecule has 0 unspecified atom stereocenters. The van der Waals surface area contributed by atoms with Crippen LogP contribution >= 0.6 is 0 Å². The van der Waals surface area contributed by atoms with E-state index in [0.717, 1.165) is 15.4 Å². The van der Waals surface area contributed by atoms with E-state index in [9.17, 15) is 13.2 Å². The van der Waals surface area contributed by atoms with Crippen LogP contribution in [-0.4, -0.2) is 42.4 Å². The van der Waals surface area contributed by atoms with Gasteiger partial charge in [0.25, 0.3) is 0 Å². The van der Waals surface area contributed by atoms with Crippen molar-refractivity contribution >= 4 is 15.9 Å². The zero-order chi connectivity index (χ0) is 23.5. The highest BCUT2D eigenvalue weighted by Crippen LogP contribution is 2.25. The number of hydrogen-bond acceptors (Lipinski definition) is 6. The fraction of sp³-hybridized carbons (Fsp3) is 0.348. The Bertz CT molecular complexity index is 1180. The Labute approximate surface area is 188 Å². The molecule has 3 aromatic rings. The van der Waals surface area contributed by atoms with Crippen molar-refractivity contribution in [3.8, 4) is 11.4 Å². The number of hydrogen-bond donors (Lipinski definition) is 1. The normalized spacial score (nSPS) is 12.2. The fourth-order valence-corrected chi connectivity index (χ4v) is 4.10. The van der Waals surface area contributed by atoms with Crippen molar-refractivity contribution < 1.29 is 17.7 Å². The third kappa shape index (κ3) is 5.60. The molecule has 1 heterocycles. The number of benzene rings is 2. The first-order chi connectivity index (χ1) is 15.0. The van der Waals surface area contributed by atoms with Gasteiger partial charge in [-0.2, -0.15) is 9.29 Å². The molecule has 8 nitrogen and oxygen atoms in total. The minimum Gasteiger partial charge on any atom is -0.346 e. The molecule has 0 atom stereocenters. The van der Waals surface area contributed by atoms with Crippen molar-refractivity contribution in [2.45, 2.75) is 44.6 Å². The van der Waals surface area contributed by atoms with Crippen molar-refractivity contribution in [2.75, 3.05) is 13.6 Å². The number of nitrogens with one attached hydrogen (secondary N) is 1. The van der Waals surface area contributed by atoms with Gasteiger partial charge in [-0.3, -0.25) is 4.79 Å². The topological polar surface area (TPSA) is 105 Å². The van der Waals surface area contributed by atoms with Crippen LogP contribution in [-0.2, 0) is 26.8 Å². The van der Waals surface area contributed by atoms with Crippen LogP contribution in [0.1, 0.15) is 37.8 Å². The summed E-state index contributed by atoms with van der Waals surface area (Å²) in [6.45, 7) is 7.97. The van der Waals surface area contributed by atoms with Crippen molar-refractivity contribution in [2.24, 2.45) is 0 Å². The summed E-state index contributed by atoms with van der Waals surface area (Å²) in [5, 5.41) is 6.57. The van der Waals surface area contributed by atoms with Crippen LogP contribution in [0, 0.1) is 6.92 Å². The molecule has 0 aliphatic rings. The van der Waals surface area contributed by atoms with Gasteiger partial charge in [0.05, 0.1) is 18.0 Å². The molecular weight excluding hydrogens is 428 g/mol. The van der Waals surface area contributed by atoms with Gasteiger partial charge in [-0.15, -0.1) is 0 Å². The molecule has 2 aromatic carbocycles. The number of sulfonamides is 1. The van der Waals surface area contributed by atoms with Gasteiger partial charge < -0.3 is 9.84 Å². The Balaban J connectivity index is 1.57. The molecule has 3 rings (SSSR count). The van der Waals surface area contributed by atoms with E-state index < -0.39 is 15.9 Å². The first-order valence-corrected chi connectivity index (χ1v) is 11.6. The maximum absolute atomic E-state index is 12.6. The summed E-state index contributed by atoms with van der Waals surface area (Å²) in [6, 6.07) is 14.4. The highest BCUT2D eigenvalue weighted by molar-refractivity contribution is 7.89. The smallest absolute Gasteiger partial charge is 0.246 e. The van der Waals surface area contributed by atoms with E-state index in [2.05, 4.69) is 36.2 Å². The van der Waals surface area contributed by atoms with Crippen LogP contribution < -0.4 is 5.32 Å². The summed E-state index contributed by atoms with van der Waals surface area (Å²) < 4.78 is 31.4. The quantitative estimate of drug-likeness (QED) is 0.585. The number of carbonyl (C=O) groups is 1. The molecule has 0 aliphatic heterocycles. The molecule has 9 heteroatoms. The average molecular weight is 457 g/mol. The van der Waals surface area contributed by atoms with Crippen molar-refractivity contribution in [3.63, 3.8) is 0 Å². The van der Waals surface area contributed by atoms with Gasteiger partial charge in [0, 0.05) is 12.6 Å². The number of aryl methyl sites for hydroxylation is 1. The number of rotatable bonds is 7. The summed E-state index contributed by atoms with van der Waals surface area (Å²) in [7, 11) is -2.40. The molecular formula is C23H28N4O4S. The molecule has 0 bridgehead atoms. The largest absolute Gasteiger partial charge is 0.346 e. The first-order valence-electron chi connectivity index (χ1n) is 10.2. The Kier molecular flexibility index (Phi) is 6.80. The van der Waals surface area contributed by atoms with E-state index >= 15 is 0 Å². The first kappa shape index (κ1) is 23.6. The summed E-state index contributed by atoms with van der Waals surface area (Å²) in [6.07, 6.45) is 0. The molecule has 0 radical (unpaired) electrons. The lowest BCUT2D eigenvalue weighted by Gasteiger charge is -2.18. The highest BCUT2D eigenvalue weighted by atomic mass is 32.2. The molecule has 0 saturated carbocycles. The van der Waals surface area contributed by atoms with Gasteiger partial charge in [0.1, 0.15) is 0 Å². The van der Waals surface area contributed by atoms with Crippen LogP contribution in [0.3, 0.4) is 0 Å². The third-order valence-electron chi connectivity index (χ3n) is 5.01. The highest BCUT2D eigenvalue weighted by Gasteiger charge is 2.23. The minimum absolute atomic E-state index is 0.00429. The van der Waals surface area contributed by atoms with Crippen LogP contribution in [0.4, 0.5) is 0 Å². The molecule has 1 N–H and O–H groups in total. The van der Waals surface area contributed by atoms with Gasteiger partial charge in [-0.1, -0.05) is 67.9 Å². The third-order valence-corrected chi connectivity index (χ3v) is 6.83. The summed E-state index contributed by atoms with van der Waals surface area (Å²) in [5.41, 5.74) is 3.00. The predicted molar refractivity (Wildman–Crippen MR) is 121 cm³/mol. The van der Waals surface area contributed by atoms with Gasteiger partial charge >= 0.3 is 0 Å². The zero-order valence-electron chi connectivity index (χ0n) is 18.9. The molecule has 32 heavy (non-hydrogen) atoms. The lowest BCUT2D eigenvalue weighted by molar-refractivity contribution is -0.121. The van der Waals surface area contributed by atoms with Crippen LogP contribution in [0.15, 0.2) is 57.9 Å². The van der Waals surface area contributed by atoms with Crippen LogP contribution in [0.25, 0.3) is 11.4 Å². The molecule has 0 aliphatic carbocycles. The molecule has 1 aromatic heterocycles. The monoisotopic (exact) mass is 456 g/mol. The number of nitrogens with zero attached hydrogens (tertiary/aromatic N) is 3. The second kappa shape index (κ2) is 9.22. The standard InChI is InChI=1S/C23H28N4O4S/c1-16-6-12-19(13-7-16)32(29,30)27(5)15-20(28)24-14-21-25-22(26-31-21)17-8-10-18(11-9-17)23(2,3)4/h6-13H,14-15H2,1-5H3,(H,24,28). The van der Waals surface area contributed by atoms with E-state index in [0.29, 0.717) is 5.82 Å².